The number of aliphatic hydroxyl groups is 1. The van der Waals surface area contributed by atoms with E-state index < -0.39 is 11.6 Å². The molecule has 1 fully saturated rings. The molecule has 1 aliphatic rings. The van der Waals surface area contributed by atoms with Gasteiger partial charge in [-0.05, 0) is 31.9 Å². The van der Waals surface area contributed by atoms with Crippen LogP contribution in [-0.2, 0) is 4.74 Å². The van der Waals surface area contributed by atoms with Crippen LogP contribution in [0.5, 0.6) is 0 Å². The van der Waals surface area contributed by atoms with E-state index in [2.05, 4.69) is 0 Å². The fraction of sp³-hybridized carbons (Fsp3) is 0.562. The maximum Gasteiger partial charge on any atom is 0.340 e. The number of nitrogens with two attached hydrogens (primary N) is 1. The smallest absolute Gasteiger partial charge is 0.340 e. The summed E-state index contributed by atoms with van der Waals surface area (Å²) in [5, 5.41) is 10.5. The summed E-state index contributed by atoms with van der Waals surface area (Å²) in [5.74, 6) is -0.412. The van der Waals surface area contributed by atoms with Crippen LogP contribution in [0.15, 0.2) is 18.2 Å². The predicted octanol–water partition coefficient (Wildman–Crippen LogP) is 2.19. The lowest BCUT2D eigenvalue weighted by molar-refractivity contribution is 0.0527. The van der Waals surface area contributed by atoms with Gasteiger partial charge in [0.25, 0.3) is 0 Å². The number of ether oxygens (including phenoxy) is 1. The first-order valence-electron chi connectivity index (χ1n) is 7.46. The molecule has 1 aromatic rings. The minimum Gasteiger partial charge on any atom is -0.462 e. The molecule has 0 aromatic heterocycles. The first-order chi connectivity index (χ1) is 9.97. The quantitative estimate of drug-likeness (QED) is 0.642. The van der Waals surface area contributed by atoms with Crippen molar-refractivity contribution in [1.82, 2.24) is 0 Å². The van der Waals surface area contributed by atoms with Crippen LogP contribution in [-0.4, -0.2) is 36.9 Å². The Morgan fingerprint density at radius 1 is 1.43 bits per heavy atom. The Bertz CT molecular complexity index is 510. The van der Waals surface area contributed by atoms with Gasteiger partial charge in [0.1, 0.15) is 0 Å². The molecule has 0 saturated heterocycles. The molecule has 2 rings (SSSR count). The van der Waals surface area contributed by atoms with E-state index in [1.54, 1.807) is 19.1 Å². The molecule has 0 amide bonds. The first-order valence-corrected chi connectivity index (χ1v) is 7.46. The van der Waals surface area contributed by atoms with E-state index in [0.29, 0.717) is 24.4 Å². The molecule has 0 radical (unpaired) electrons. The topological polar surface area (TPSA) is 75.8 Å². The molecule has 5 heteroatoms. The van der Waals surface area contributed by atoms with E-state index in [0.717, 1.165) is 31.4 Å². The van der Waals surface area contributed by atoms with E-state index in [4.69, 9.17) is 10.5 Å². The number of likely N-dealkylation sites (N-methyl/N-ethyl adjacent to an activating group) is 1. The fourth-order valence-corrected chi connectivity index (χ4v) is 2.99. The zero-order chi connectivity index (χ0) is 15.5. The van der Waals surface area contributed by atoms with Crippen molar-refractivity contribution in [3.8, 4) is 0 Å². The van der Waals surface area contributed by atoms with Crippen molar-refractivity contribution in [2.75, 3.05) is 30.8 Å². The normalized spacial score (nSPS) is 16.7. The maximum atomic E-state index is 11.9. The highest BCUT2D eigenvalue weighted by atomic mass is 16.5. The Labute approximate surface area is 125 Å². The van der Waals surface area contributed by atoms with Crippen LogP contribution in [0.4, 0.5) is 11.4 Å². The van der Waals surface area contributed by atoms with Gasteiger partial charge < -0.3 is 20.5 Å². The molecule has 0 bridgehead atoms. The van der Waals surface area contributed by atoms with E-state index in [1.807, 2.05) is 18.0 Å². The van der Waals surface area contributed by atoms with Crippen molar-refractivity contribution in [2.24, 2.45) is 0 Å². The minimum absolute atomic E-state index is 0.318. The summed E-state index contributed by atoms with van der Waals surface area (Å²) in [6.45, 7) is 2.60. The highest BCUT2D eigenvalue weighted by Crippen LogP contribution is 2.33. The van der Waals surface area contributed by atoms with Gasteiger partial charge in [0, 0.05) is 13.6 Å². The summed E-state index contributed by atoms with van der Waals surface area (Å²) in [6.07, 6.45) is 3.75. The van der Waals surface area contributed by atoms with Gasteiger partial charge in [0.15, 0.2) is 0 Å². The van der Waals surface area contributed by atoms with Crippen LogP contribution in [0.1, 0.15) is 43.0 Å². The Morgan fingerprint density at radius 2 is 2.10 bits per heavy atom. The molecule has 0 atom stereocenters. The maximum absolute atomic E-state index is 11.9. The van der Waals surface area contributed by atoms with E-state index in [1.165, 1.54) is 0 Å². The van der Waals surface area contributed by atoms with Crippen molar-refractivity contribution in [1.29, 1.82) is 0 Å². The average Bonchev–Trinajstić information content (AvgIpc) is 2.85. The molecule has 0 spiro atoms. The molecule has 1 aliphatic carbocycles. The summed E-state index contributed by atoms with van der Waals surface area (Å²) >= 11 is 0. The first kappa shape index (κ1) is 15.6. The molecule has 5 nitrogen and oxygen atoms in total. The number of hydrogen-bond donors (Lipinski definition) is 2. The van der Waals surface area contributed by atoms with Gasteiger partial charge in [0.05, 0.1) is 29.1 Å². The SMILES string of the molecule is CCOC(=O)c1cccc(N(C)CC2(O)CCCC2)c1N. The fourth-order valence-electron chi connectivity index (χ4n) is 2.99. The third kappa shape index (κ3) is 3.47. The van der Waals surface area contributed by atoms with E-state index >= 15 is 0 Å². The molecule has 116 valence electrons. The van der Waals surface area contributed by atoms with Crippen LogP contribution in [0.3, 0.4) is 0 Å². The summed E-state index contributed by atoms with van der Waals surface area (Å²) < 4.78 is 5.01. The van der Waals surface area contributed by atoms with Crippen LogP contribution in [0.25, 0.3) is 0 Å². The molecular weight excluding hydrogens is 268 g/mol. The van der Waals surface area contributed by atoms with Crippen molar-refractivity contribution < 1.29 is 14.6 Å². The molecule has 21 heavy (non-hydrogen) atoms. The lowest BCUT2D eigenvalue weighted by Gasteiger charge is -2.31. The van der Waals surface area contributed by atoms with Gasteiger partial charge in [-0.3, -0.25) is 0 Å². The molecular formula is C16H24N2O3. The molecule has 1 aromatic carbocycles. The lowest BCUT2D eigenvalue weighted by atomic mass is 10.0. The van der Waals surface area contributed by atoms with Crippen LogP contribution in [0.2, 0.25) is 0 Å². The monoisotopic (exact) mass is 292 g/mol. The van der Waals surface area contributed by atoms with E-state index in [9.17, 15) is 9.90 Å². The van der Waals surface area contributed by atoms with Crippen LogP contribution >= 0.6 is 0 Å². The van der Waals surface area contributed by atoms with Crippen LogP contribution < -0.4 is 10.6 Å². The number of carbonyl (C=O) groups is 1. The van der Waals surface area contributed by atoms with Gasteiger partial charge >= 0.3 is 5.97 Å². The van der Waals surface area contributed by atoms with E-state index in [-0.39, 0.29) is 0 Å². The number of nitrogen functional groups attached to an aromatic ring is 1. The van der Waals surface area contributed by atoms with Crippen molar-refractivity contribution in [3.05, 3.63) is 23.8 Å². The zero-order valence-electron chi connectivity index (χ0n) is 12.8. The zero-order valence-corrected chi connectivity index (χ0v) is 12.8. The van der Waals surface area contributed by atoms with Crippen LogP contribution in [0, 0.1) is 0 Å². The summed E-state index contributed by atoms with van der Waals surface area (Å²) in [7, 11) is 1.89. The van der Waals surface area contributed by atoms with Gasteiger partial charge in [-0.2, -0.15) is 0 Å². The Balaban J connectivity index is 2.19. The number of rotatable bonds is 5. The molecule has 1 saturated carbocycles. The van der Waals surface area contributed by atoms with Gasteiger partial charge in [-0.15, -0.1) is 0 Å². The minimum atomic E-state index is -0.652. The Kier molecular flexibility index (Phi) is 4.73. The van der Waals surface area contributed by atoms with Gasteiger partial charge in [0.2, 0.25) is 0 Å². The number of nitrogens with zero attached hydrogens (tertiary/aromatic N) is 1. The second kappa shape index (κ2) is 6.35. The lowest BCUT2D eigenvalue weighted by Crippen LogP contribution is -2.39. The number of hydrogen-bond acceptors (Lipinski definition) is 5. The summed E-state index contributed by atoms with van der Waals surface area (Å²) in [6, 6.07) is 5.30. The predicted molar refractivity (Wildman–Crippen MR) is 83.5 cm³/mol. The van der Waals surface area contributed by atoms with Gasteiger partial charge in [-0.1, -0.05) is 18.9 Å². The number of esters is 1. The van der Waals surface area contributed by atoms with Crippen molar-refractivity contribution >= 4 is 17.3 Å². The summed E-state index contributed by atoms with van der Waals surface area (Å²) in [4.78, 5) is 13.8. The molecule has 0 heterocycles. The standard InChI is InChI=1S/C16H24N2O3/c1-3-21-15(19)12-7-6-8-13(14(12)17)18(2)11-16(20)9-4-5-10-16/h6-8,20H,3-5,9-11,17H2,1-2H3. The highest BCUT2D eigenvalue weighted by molar-refractivity contribution is 5.98. The third-order valence-electron chi connectivity index (χ3n) is 4.06. The number of benzene rings is 1. The van der Waals surface area contributed by atoms with Crippen molar-refractivity contribution in [2.45, 2.75) is 38.2 Å². The Morgan fingerprint density at radius 3 is 2.71 bits per heavy atom. The number of para-hydroxylation sites is 1. The molecule has 3 N–H and O–H groups in total. The number of carbonyl (C=O) groups excluding carboxylic acids is 1. The highest BCUT2D eigenvalue weighted by Gasteiger charge is 2.32. The summed E-state index contributed by atoms with van der Waals surface area (Å²) in [5.41, 5.74) is 6.99. The number of anilines is 2. The second-order valence-corrected chi connectivity index (χ2v) is 5.75. The molecule has 0 unspecified atom stereocenters. The average molecular weight is 292 g/mol. The largest absolute Gasteiger partial charge is 0.462 e. The third-order valence-corrected chi connectivity index (χ3v) is 4.06. The molecule has 0 aliphatic heterocycles. The second-order valence-electron chi connectivity index (χ2n) is 5.75. The Hall–Kier alpha value is -1.75. The van der Waals surface area contributed by atoms with Gasteiger partial charge in [-0.25, -0.2) is 4.79 Å². The van der Waals surface area contributed by atoms with Crippen molar-refractivity contribution in [3.63, 3.8) is 0 Å².